The van der Waals surface area contributed by atoms with Gasteiger partial charge in [-0.1, -0.05) is 44.7 Å². The van der Waals surface area contributed by atoms with E-state index < -0.39 is 0 Å². The number of rotatable bonds is 10. The van der Waals surface area contributed by atoms with Gasteiger partial charge in [0, 0.05) is 5.69 Å². The maximum atomic E-state index is 12.4. The van der Waals surface area contributed by atoms with Gasteiger partial charge in [-0.05, 0) is 55.0 Å². The lowest BCUT2D eigenvalue weighted by atomic mass is 10.2. The third-order valence-electron chi connectivity index (χ3n) is 4.21. The smallest absolute Gasteiger partial charge is 0.261 e. The maximum absolute atomic E-state index is 12.4. The minimum atomic E-state index is -0.321. The van der Waals surface area contributed by atoms with Crippen molar-refractivity contribution in [3.8, 4) is 11.5 Å². The van der Waals surface area contributed by atoms with Crippen LogP contribution in [0.3, 0.4) is 0 Å². The standard InChI is InChI=1S/C22H28N2O3S/c1-3-4-5-6-9-16-27-18-14-12-17(13-15-18)23-22(28)24-21(25)19-10-7-8-11-20(19)26-2/h7-8,10-15H,3-6,9,16H2,1-2H3,(H2,23,24,25,28). The van der Waals surface area contributed by atoms with Gasteiger partial charge in [-0.25, -0.2) is 0 Å². The average Bonchev–Trinajstić information content (AvgIpc) is 2.71. The summed E-state index contributed by atoms with van der Waals surface area (Å²) in [5.74, 6) is 1.00. The number of hydrogen-bond donors (Lipinski definition) is 2. The summed E-state index contributed by atoms with van der Waals surface area (Å²) in [5.41, 5.74) is 1.21. The zero-order chi connectivity index (χ0) is 20.2. The summed E-state index contributed by atoms with van der Waals surface area (Å²) >= 11 is 5.23. The van der Waals surface area contributed by atoms with E-state index in [2.05, 4.69) is 17.6 Å². The first-order valence-electron chi connectivity index (χ1n) is 9.62. The summed E-state index contributed by atoms with van der Waals surface area (Å²) in [4.78, 5) is 12.4. The maximum Gasteiger partial charge on any atom is 0.261 e. The van der Waals surface area contributed by atoms with Gasteiger partial charge in [-0.15, -0.1) is 0 Å². The number of carbonyl (C=O) groups is 1. The van der Waals surface area contributed by atoms with E-state index in [4.69, 9.17) is 21.7 Å². The van der Waals surface area contributed by atoms with Gasteiger partial charge in [0.15, 0.2) is 5.11 Å². The van der Waals surface area contributed by atoms with Gasteiger partial charge in [0.05, 0.1) is 19.3 Å². The van der Waals surface area contributed by atoms with E-state index in [1.54, 1.807) is 24.3 Å². The summed E-state index contributed by atoms with van der Waals surface area (Å²) in [6.07, 6.45) is 6.07. The number of para-hydroxylation sites is 1. The second kappa shape index (κ2) is 12.0. The molecule has 0 atom stereocenters. The largest absolute Gasteiger partial charge is 0.496 e. The molecule has 2 aromatic rings. The number of methoxy groups -OCH3 is 1. The molecule has 150 valence electrons. The molecule has 0 aliphatic heterocycles. The van der Waals surface area contributed by atoms with Crippen LogP contribution in [-0.2, 0) is 0 Å². The number of amides is 1. The normalized spacial score (nSPS) is 10.2. The number of carbonyl (C=O) groups excluding carboxylic acids is 1. The molecule has 0 aromatic heterocycles. The van der Waals surface area contributed by atoms with Gasteiger partial charge in [-0.3, -0.25) is 10.1 Å². The van der Waals surface area contributed by atoms with Crippen molar-refractivity contribution in [2.24, 2.45) is 0 Å². The monoisotopic (exact) mass is 400 g/mol. The van der Waals surface area contributed by atoms with E-state index in [1.165, 1.54) is 32.8 Å². The van der Waals surface area contributed by atoms with E-state index in [0.717, 1.165) is 24.5 Å². The zero-order valence-corrected chi connectivity index (χ0v) is 17.3. The van der Waals surface area contributed by atoms with Gasteiger partial charge < -0.3 is 14.8 Å². The van der Waals surface area contributed by atoms with Gasteiger partial charge in [-0.2, -0.15) is 0 Å². The predicted octanol–water partition coefficient (Wildman–Crippen LogP) is 5.17. The van der Waals surface area contributed by atoms with Crippen molar-refractivity contribution in [1.29, 1.82) is 0 Å². The number of nitrogens with one attached hydrogen (secondary N) is 2. The first-order chi connectivity index (χ1) is 13.6. The molecule has 2 N–H and O–H groups in total. The Morgan fingerprint density at radius 3 is 2.43 bits per heavy atom. The number of ether oxygens (including phenoxy) is 2. The molecule has 0 saturated heterocycles. The lowest BCUT2D eigenvalue weighted by Crippen LogP contribution is -2.34. The quantitative estimate of drug-likeness (QED) is 0.425. The molecule has 0 fully saturated rings. The zero-order valence-electron chi connectivity index (χ0n) is 16.5. The van der Waals surface area contributed by atoms with E-state index in [1.807, 2.05) is 24.3 Å². The molecular weight excluding hydrogens is 372 g/mol. The molecule has 6 heteroatoms. The van der Waals surface area contributed by atoms with E-state index in [9.17, 15) is 4.79 Å². The van der Waals surface area contributed by atoms with Crippen molar-refractivity contribution >= 4 is 28.9 Å². The van der Waals surface area contributed by atoms with Crippen LogP contribution in [-0.4, -0.2) is 24.7 Å². The minimum absolute atomic E-state index is 0.223. The Morgan fingerprint density at radius 1 is 1.00 bits per heavy atom. The second-order valence-electron chi connectivity index (χ2n) is 6.40. The number of benzene rings is 2. The molecule has 0 aliphatic carbocycles. The SMILES string of the molecule is CCCCCCCOc1ccc(NC(=S)NC(=O)c2ccccc2OC)cc1. The summed E-state index contributed by atoms with van der Waals surface area (Å²) in [7, 11) is 1.53. The van der Waals surface area contributed by atoms with Crippen LogP contribution < -0.4 is 20.1 Å². The Bertz CT molecular complexity index is 763. The molecule has 2 aromatic carbocycles. The first kappa shape index (κ1) is 21.7. The Morgan fingerprint density at radius 2 is 1.71 bits per heavy atom. The van der Waals surface area contributed by atoms with Crippen molar-refractivity contribution in [3.05, 3.63) is 54.1 Å². The van der Waals surface area contributed by atoms with Gasteiger partial charge in [0.2, 0.25) is 0 Å². The third-order valence-corrected chi connectivity index (χ3v) is 4.41. The molecule has 0 spiro atoms. The third kappa shape index (κ3) is 7.19. The topological polar surface area (TPSA) is 59.6 Å². The van der Waals surface area contributed by atoms with Crippen LogP contribution >= 0.6 is 12.2 Å². The Kier molecular flexibility index (Phi) is 9.28. The fourth-order valence-electron chi connectivity index (χ4n) is 2.70. The highest BCUT2D eigenvalue weighted by Gasteiger charge is 2.12. The number of thiocarbonyl (C=S) groups is 1. The molecule has 0 radical (unpaired) electrons. The Balaban J connectivity index is 1.78. The fraction of sp³-hybridized carbons (Fsp3) is 0.364. The van der Waals surface area contributed by atoms with Crippen LogP contribution in [0.25, 0.3) is 0 Å². The number of unbranched alkanes of at least 4 members (excludes halogenated alkanes) is 4. The van der Waals surface area contributed by atoms with E-state index in [0.29, 0.717) is 11.3 Å². The van der Waals surface area contributed by atoms with E-state index in [-0.39, 0.29) is 11.0 Å². The van der Waals surface area contributed by atoms with Crippen LogP contribution in [0.2, 0.25) is 0 Å². The summed E-state index contributed by atoms with van der Waals surface area (Å²) in [6, 6.07) is 14.5. The van der Waals surface area contributed by atoms with Crippen molar-refractivity contribution in [1.82, 2.24) is 5.32 Å². The number of hydrogen-bond acceptors (Lipinski definition) is 4. The Labute approximate surface area is 172 Å². The van der Waals surface area contributed by atoms with Crippen LogP contribution in [0.4, 0.5) is 5.69 Å². The summed E-state index contributed by atoms with van der Waals surface area (Å²) in [5, 5.41) is 5.89. The highest BCUT2D eigenvalue weighted by atomic mass is 32.1. The van der Waals surface area contributed by atoms with Crippen LogP contribution in [0.5, 0.6) is 11.5 Å². The molecule has 0 unspecified atom stereocenters. The van der Waals surface area contributed by atoms with Gasteiger partial charge in [0.25, 0.3) is 5.91 Å². The van der Waals surface area contributed by atoms with Crippen molar-refractivity contribution in [2.75, 3.05) is 19.0 Å². The second-order valence-corrected chi connectivity index (χ2v) is 6.80. The van der Waals surface area contributed by atoms with Crippen LogP contribution in [0.1, 0.15) is 49.4 Å². The molecule has 0 bridgehead atoms. The van der Waals surface area contributed by atoms with E-state index >= 15 is 0 Å². The number of anilines is 1. The summed E-state index contributed by atoms with van der Waals surface area (Å²) in [6.45, 7) is 2.94. The first-order valence-corrected chi connectivity index (χ1v) is 10.0. The molecular formula is C22H28N2O3S. The lowest BCUT2D eigenvalue weighted by molar-refractivity contribution is 0.0975. The van der Waals surface area contributed by atoms with Crippen molar-refractivity contribution in [3.63, 3.8) is 0 Å². The minimum Gasteiger partial charge on any atom is -0.496 e. The average molecular weight is 401 g/mol. The van der Waals surface area contributed by atoms with Crippen LogP contribution in [0.15, 0.2) is 48.5 Å². The predicted molar refractivity (Wildman–Crippen MR) is 117 cm³/mol. The summed E-state index contributed by atoms with van der Waals surface area (Å²) < 4.78 is 11.0. The van der Waals surface area contributed by atoms with Gasteiger partial charge in [0.1, 0.15) is 11.5 Å². The molecule has 28 heavy (non-hydrogen) atoms. The lowest BCUT2D eigenvalue weighted by Gasteiger charge is -2.12. The fourth-order valence-corrected chi connectivity index (χ4v) is 2.91. The Hall–Kier alpha value is -2.60. The van der Waals surface area contributed by atoms with Crippen molar-refractivity contribution < 1.29 is 14.3 Å². The molecule has 0 aliphatic rings. The van der Waals surface area contributed by atoms with Crippen LogP contribution in [0, 0.1) is 0 Å². The highest BCUT2D eigenvalue weighted by Crippen LogP contribution is 2.18. The molecule has 2 rings (SSSR count). The molecule has 5 nitrogen and oxygen atoms in total. The molecule has 0 saturated carbocycles. The highest BCUT2D eigenvalue weighted by molar-refractivity contribution is 7.80. The molecule has 0 heterocycles. The molecule has 1 amide bonds. The van der Waals surface area contributed by atoms with Gasteiger partial charge >= 0.3 is 0 Å². The van der Waals surface area contributed by atoms with Crippen molar-refractivity contribution in [2.45, 2.75) is 39.0 Å².